The molecular formula is C16H27N. The Morgan fingerprint density at radius 1 is 1.24 bits per heavy atom. The Bertz CT molecular complexity index is 360. The Morgan fingerprint density at radius 3 is 2.41 bits per heavy atom. The molecule has 1 aromatic carbocycles. The van der Waals surface area contributed by atoms with Crippen molar-refractivity contribution in [3.8, 4) is 0 Å². The smallest absolute Gasteiger partial charge is 0.00514 e. The molecule has 0 aromatic heterocycles. The fourth-order valence-corrected chi connectivity index (χ4v) is 1.93. The SMILES string of the molecule is Cc1ccc(C(C)(C)C)cc1CCC(C)CN. The lowest BCUT2D eigenvalue weighted by Crippen LogP contribution is -2.13. The number of aryl methyl sites for hydroxylation is 2. The quantitative estimate of drug-likeness (QED) is 0.840. The van der Waals surface area contributed by atoms with Crippen LogP contribution in [0.15, 0.2) is 18.2 Å². The van der Waals surface area contributed by atoms with E-state index in [1.165, 1.54) is 23.1 Å². The van der Waals surface area contributed by atoms with Crippen molar-refractivity contribution in [1.29, 1.82) is 0 Å². The minimum Gasteiger partial charge on any atom is -0.330 e. The van der Waals surface area contributed by atoms with Crippen molar-refractivity contribution in [3.63, 3.8) is 0 Å². The molecule has 1 heteroatoms. The van der Waals surface area contributed by atoms with Gasteiger partial charge in [-0.25, -0.2) is 0 Å². The van der Waals surface area contributed by atoms with Crippen molar-refractivity contribution >= 4 is 0 Å². The average Bonchev–Trinajstić information content (AvgIpc) is 2.26. The maximum absolute atomic E-state index is 5.67. The van der Waals surface area contributed by atoms with Gasteiger partial charge in [-0.1, -0.05) is 45.9 Å². The minimum atomic E-state index is 0.238. The van der Waals surface area contributed by atoms with Gasteiger partial charge in [0, 0.05) is 0 Å². The first-order valence-corrected chi connectivity index (χ1v) is 6.64. The highest BCUT2D eigenvalue weighted by atomic mass is 14.5. The zero-order chi connectivity index (χ0) is 13.1. The summed E-state index contributed by atoms with van der Waals surface area (Å²) < 4.78 is 0. The van der Waals surface area contributed by atoms with Crippen LogP contribution in [0.25, 0.3) is 0 Å². The standard InChI is InChI=1S/C16H27N/c1-12(11-17)6-8-14-10-15(16(3,4)5)9-7-13(14)2/h7,9-10,12H,6,8,11,17H2,1-5H3. The van der Waals surface area contributed by atoms with Gasteiger partial charge < -0.3 is 5.73 Å². The van der Waals surface area contributed by atoms with Crippen LogP contribution >= 0.6 is 0 Å². The van der Waals surface area contributed by atoms with Gasteiger partial charge in [-0.3, -0.25) is 0 Å². The summed E-state index contributed by atoms with van der Waals surface area (Å²) in [6, 6.07) is 6.88. The van der Waals surface area contributed by atoms with E-state index in [0.29, 0.717) is 5.92 Å². The van der Waals surface area contributed by atoms with Gasteiger partial charge in [0.15, 0.2) is 0 Å². The van der Waals surface area contributed by atoms with E-state index < -0.39 is 0 Å². The van der Waals surface area contributed by atoms with E-state index in [-0.39, 0.29) is 5.41 Å². The first kappa shape index (κ1) is 14.2. The van der Waals surface area contributed by atoms with Crippen LogP contribution < -0.4 is 5.73 Å². The number of hydrogen-bond donors (Lipinski definition) is 1. The third-order valence-corrected chi connectivity index (χ3v) is 3.52. The van der Waals surface area contributed by atoms with Crippen LogP contribution in [0.1, 0.15) is 50.8 Å². The molecule has 1 atom stereocenters. The molecule has 0 fully saturated rings. The largest absolute Gasteiger partial charge is 0.330 e. The summed E-state index contributed by atoms with van der Waals surface area (Å²) in [6.07, 6.45) is 2.33. The van der Waals surface area contributed by atoms with Crippen molar-refractivity contribution in [2.75, 3.05) is 6.54 Å². The predicted molar refractivity (Wildman–Crippen MR) is 76.4 cm³/mol. The van der Waals surface area contributed by atoms with Crippen molar-refractivity contribution in [2.45, 2.75) is 52.9 Å². The second kappa shape index (κ2) is 5.68. The summed E-state index contributed by atoms with van der Waals surface area (Å²) in [6.45, 7) is 12.0. The summed E-state index contributed by atoms with van der Waals surface area (Å²) in [4.78, 5) is 0. The van der Waals surface area contributed by atoms with Gasteiger partial charge >= 0.3 is 0 Å². The molecule has 0 bridgehead atoms. The fraction of sp³-hybridized carbons (Fsp3) is 0.625. The van der Waals surface area contributed by atoms with Gasteiger partial charge in [0.1, 0.15) is 0 Å². The van der Waals surface area contributed by atoms with Gasteiger partial charge in [-0.05, 0) is 54.3 Å². The van der Waals surface area contributed by atoms with Gasteiger partial charge in [-0.2, -0.15) is 0 Å². The Kier molecular flexibility index (Phi) is 4.76. The lowest BCUT2D eigenvalue weighted by Gasteiger charge is -2.21. The molecule has 2 N–H and O–H groups in total. The first-order valence-electron chi connectivity index (χ1n) is 6.64. The highest BCUT2D eigenvalue weighted by molar-refractivity contribution is 5.34. The molecule has 1 aromatic rings. The maximum Gasteiger partial charge on any atom is -0.00514 e. The monoisotopic (exact) mass is 233 g/mol. The van der Waals surface area contributed by atoms with Gasteiger partial charge in [0.2, 0.25) is 0 Å². The van der Waals surface area contributed by atoms with Gasteiger partial charge in [0.25, 0.3) is 0 Å². The van der Waals surface area contributed by atoms with Crippen molar-refractivity contribution in [2.24, 2.45) is 11.7 Å². The first-order chi connectivity index (χ1) is 7.84. The predicted octanol–water partition coefficient (Wildman–Crippen LogP) is 3.82. The van der Waals surface area contributed by atoms with Crippen LogP contribution in [0.5, 0.6) is 0 Å². The van der Waals surface area contributed by atoms with E-state index in [1.807, 2.05) is 0 Å². The van der Waals surface area contributed by atoms with E-state index in [2.05, 4.69) is 52.8 Å². The fourth-order valence-electron chi connectivity index (χ4n) is 1.93. The topological polar surface area (TPSA) is 26.0 Å². The zero-order valence-electron chi connectivity index (χ0n) is 12.0. The van der Waals surface area contributed by atoms with Crippen LogP contribution in [-0.2, 0) is 11.8 Å². The second-order valence-electron chi connectivity index (χ2n) is 6.27. The van der Waals surface area contributed by atoms with Gasteiger partial charge in [0.05, 0.1) is 0 Å². The summed E-state index contributed by atoms with van der Waals surface area (Å²) >= 11 is 0. The number of benzene rings is 1. The third kappa shape index (κ3) is 4.16. The number of hydrogen-bond acceptors (Lipinski definition) is 1. The molecular weight excluding hydrogens is 206 g/mol. The molecule has 1 nitrogen and oxygen atoms in total. The molecule has 1 unspecified atom stereocenters. The van der Waals surface area contributed by atoms with Crippen molar-refractivity contribution in [3.05, 3.63) is 34.9 Å². The Morgan fingerprint density at radius 2 is 1.88 bits per heavy atom. The summed E-state index contributed by atoms with van der Waals surface area (Å²) in [5.74, 6) is 0.618. The molecule has 0 spiro atoms. The van der Waals surface area contributed by atoms with E-state index in [1.54, 1.807) is 0 Å². The van der Waals surface area contributed by atoms with E-state index in [4.69, 9.17) is 5.73 Å². The molecule has 0 heterocycles. The van der Waals surface area contributed by atoms with Crippen LogP contribution in [0.3, 0.4) is 0 Å². The molecule has 96 valence electrons. The molecule has 0 aliphatic rings. The van der Waals surface area contributed by atoms with Crippen LogP contribution in [0.4, 0.5) is 0 Å². The third-order valence-electron chi connectivity index (χ3n) is 3.52. The second-order valence-corrected chi connectivity index (χ2v) is 6.27. The summed E-state index contributed by atoms with van der Waals surface area (Å²) in [5, 5.41) is 0. The normalized spacial score (nSPS) is 13.8. The lowest BCUT2D eigenvalue weighted by atomic mass is 9.84. The molecule has 0 amide bonds. The van der Waals surface area contributed by atoms with Crippen molar-refractivity contribution < 1.29 is 0 Å². The Balaban J connectivity index is 2.84. The summed E-state index contributed by atoms with van der Waals surface area (Å²) in [7, 11) is 0. The number of nitrogens with two attached hydrogens (primary N) is 1. The van der Waals surface area contributed by atoms with E-state index >= 15 is 0 Å². The van der Waals surface area contributed by atoms with Crippen LogP contribution in [-0.4, -0.2) is 6.54 Å². The van der Waals surface area contributed by atoms with E-state index in [0.717, 1.165) is 13.0 Å². The maximum atomic E-state index is 5.67. The zero-order valence-corrected chi connectivity index (χ0v) is 12.0. The molecule has 0 saturated carbocycles. The average molecular weight is 233 g/mol. The Labute approximate surface area is 106 Å². The lowest BCUT2D eigenvalue weighted by molar-refractivity contribution is 0.542. The summed E-state index contributed by atoms with van der Waals surface area (Å²) in [5.41, 5.74) is 10.2. The van der Waals surface area contributed by atoms with E-state index in [9.17, 15) is 0 Å². The Hall–Kier alpha value is -0.820. The van der Waals surface area contributed by atoms with Crippen LogP contribution in [0, 0.1) is 12.8 Å². The molecule has 0 radical (unpaired) electrons. The molecule has 1 rings (SSSR count). The molecule has 0 aliphatic carbocycles. The van der Waals surface area contributed by atoms with Gasteiger partial charge in [-0.15, -0.1) is 0 Å². The minimum absolute atomic E-state index is 0.238. The molecule has 17 heavy (non-hydrogen) atoms. The highest BCUT2D eigenvalue weighted by Gasteiger charge is 2.14. The highest BCUT2D eigenvalue weighted by Crippen LogP contribution is 2.25. The molecule has 0 aliphatic heterocycles. The molecule has 0 saturated heterocycles. The van der Waals surface area contributed by atoms with Crippen LogP contribution in [0.2, 0.25) is 0 Å². The van der Waals surface area contributed by atoms with Crippen molar-refractivity contribution in [1.82, 2.24) is 0 Å². The number of rotatable bonds is 4.